The maximum absolute atomic E-state index is 12.4. The zero-order valence-corrected chi connectivity index (χ0v) is 16.3. The van der Waals surface area contributed by atoms with E-state index in [0.29, 0.717) is 26.2 Å². The summed E-state index contributed by atoms with van der Waals surface area (Å²) >= 11 is 0. The first-order valence-electron chi connectivity index (χ1n) is 9.31. The number of ether oxygens (including phenoxy) is 3. The highest BCUT2D eigenvalue weighted by atomic mass is 16.5. The smallest absolute Gasteiger partial charge is 0.224 e. The van der Waals surface area contributed by atoms with Gasteiger partial charge in [0.1, 0.15) is 11.5 Å². The van der Waals surface area contributed by atoms with Crippen LogP contribution < -0.4 is 14.8 Å². The average molecular weight is 382 g/mol. The number of H-pyrrole nitrogens is 1. The first-order chi connectivity index (χ1) is 13.7. The lowest BCUT2D eigenvalue weighted by Gasteiger charge is -2.09. The zero-order chi connectivity index (χ0) is 19.8. The summed E-state index contributed by atoms with van der Waals surface area (Å²) < 4.78 is 16.0. The quantitative estimate of drug-likeness (QED) is 0.527. The van der Waals surface area contributed by atoms with Crippen LogP contribution in [0.1, 0.15) is 17.5 Å². The fourth-order valence-corrected chi connectivity index (χ4v) is 3.01. The molecule has 6 heteroatoms. The first kappa shape index (κ1) is 19.8. The molecule has 0 fully saturated rings. The highest BCUT2D eigenvalue weighted by molar-refractivity contribution is 5.89. The number of fused-ring (bicyclic) bond motifs is 1. The Labute approximate surface area is 164 Å². The fourth-order valence-electron chi connectivity index (χ4n) is 3.01. The molecule has 2 N–H and O–H groups in total. The Bertz CT molecular complexity index is 920. The van der Waals surface area contributed by atoms with Crippen molar-refractivity contribution in [2.45, 2.75) is 19.4 Å². The lowest BCUT2D eigenvalue weighted by atomic mass is 10.1. The van der Waals surface area contributed by atoms with Gasteiger partial charge in [0.2, 0.25) is 5.91 Å². The normalized spacial score (nSPS) is 10.8. The molecule has 28 heavy (non-hydrogen) atoms. The fraction of sp³-hybridized carbons (Fsp3) is 0.318. The van der Waals surface area contributed by atoms with Crippen LogP contribution in [0, 0.1) is 0 Å². The van der Waals surface area contributed by atoms with Gasteiger partial charge in [0.15, 0.2) is 0 Å². The summed E-state index contributed by atoms with van der Waals surface area (Å²) in [6, 6.07) is 13.6. The van der Waals surface area contributed by atoms with Crippen LogP contribution >= 0.6 is 0 Å². The zero-order valence-electron chi connectivity index (χ0n) is 16.3. The molecular weight excluding hydrogens is 356 g/mol. The number of benzene rings is 2. The molecule has 1 amide bonds. The molecule has 0 bridgehead atoms. The Balaban J connectivity index is 1.54. The standard InChI is InChI=1S/C22H26N2O4/c1-26-9-4-10-28-19-6-3-5-16(11-19)14-24-22(25)12-17-15-23-21-8-7-18(27-2)13-20(17)21/h3,5-8,11,13,15,23H,4,9-10,12,14H2,1-2H3,(H,24,25). The molecule has 1 heterocycles. The van der Waals surface area contributed by atoms with Crippen LogP contribution in [0.4, 0.5) is 0 Å². The molecule has 2 aromatic carbocycles. The van der Waals surface area contributed by atoms with Gasteiger partial charge in [-0.1, -0.05) is 12.1 Å². The third-order valence-corrected chi connectivity index (χ3v) is 4.48. The van der Waals surface area contributed by atoms with Crippen molar-refractivity contribution in [2.75, 3.05) is 27.4 Å². The summed E-state index contributed by atoms with van der Waals surface area (Å²) in [5, 5.41) is 3.98. The van der Waals surface area contributed by atoms with Crippen molar-refractivity contribution in [3.63, 3.8) is 0 Å². The van der Waals surface area contributed by atoms with E-state index in [2.05, 4.69) is 10.3 Å². The van der Waals surface area contributed by atoms with Crippen LogP contribution in [0.15, 0.2) is 48.7 Å². The summed E-state index contributed by atoms with van der Waals surface area (Å²) in [4.78, 5) is 15.6. The van der Waals surface area contributed by atoms with Gasteiger partial charge in [0.25, 0.3) is 0 Å². The lowest BCUT2D eigenvalue weighted by molar-refractivity contribution is -0.120. The Morgan fingerprint density at radius 1 is 1.07 bits per heavy atom. The summed E-state index contributed by atoms with van der Waals surface area (Å²) in [5.74, 6) is 1.54. The Hall–Kier alpha value is -2.99. The summed E-state index contributed by atoms with van der Waals surface area (Å²) in [5.41, 5.74) is 2.93. The number of hydrogen-bond donors (Lipinski definition) is 2. The highest BCUT2D eigenvalue weighted by Gasteiger charge is 2.10. The van der Waals surface area contributed by atoms with E-state index in [1.54, 1.807) is 14.2 Å². The maximum atomic E-state index is 12.4. The number of carbonyl (C=O) groups is 1. The van der Waals surface area contributed by atoms with Crippen LogP contribution in [0.3, 0.4) is 0 Å². The number of rotatable bonds is 10. The van der Waals surface area contributed by atoms with Gasteiger partial charge in [-0.2, -0.15) is 0 Å². The minimum atomic E-state index is -0.0323. The topological polar surface area (TPSA) is 72.6 Å². The molecule has 0 saturated heterocycles. The minimum Gasteiger partial charge on any atom is -0.497 e. The predicted molar refractivity (Wildman–Crippen MR) is 109 cm³/mol. The van der Waals surface area contributed by atoms with E-state index in [1.165, 1.54) is 0 Å². The monoisotopic (exact) mass is 382 g/mol. The van der Waals surface area contributed by atoms with Crippen molar-refractivity contribution < 1.29 is 19.0 Å². The second-order valence-electron chi connectivity index (χ2n) is 6.52. The van der Waals surface area contributed by atoms with E-state index in [4.69, 9.17) is 14.2 Å². The van der Waals surface area contributed by atoms with Crippen molar-refractivity contribution in [1.29, 1.82) is 0 Å². The largest absolute Gasteiger partial charge is 0.497 e. The van der Waals surface area contributed by atoms with Crippen LogP contribution in [-0.4, -0.2) is 38.3 Å². The molecule has 3 aromatic rings. The van der Waals surface area contributed by atoms with Crippen LogP contribution in [-0.2, 0) is 22.5 Å². The third kappa shape index (κ3) is 5.27. The van der Waals surface area contributed by atoms with Gasteiger partial charge in [-0.25, -0.2) is 0 Å². The molecule has 0 radical (unpaired) electrons. The number of hydrogen-bond acceptors (Lipinski definition) is 4. The molecule has 0 aliphatic carbocycles. The van der Waals surface area contributed by atoms with E-state index < -0.39 is 0 Å². The second-order valence-corrected chi connectivity index (χ2v) is 6.52. The Kier molecular flexibility index (Phi) is 6.92. The van der Waals surface area contributed by atoms with E-state index in [0.717, 1.165) is 39.9 Å². The van der Waals surface area contributed by atoms with Crippen LogP contribution in [0.25, 0.3) is 10.9 Å². The SMILES string of the molecule is COCCCOc1cccc(CNC(=O)Cc2c[nH]c3ccc(OC)cc23)c1. The van der Waals surface area contributed by atoms with Gasteiger partial charge >= 0.3 is 0 Å². The molecule has 1 aromatic heterocycles. The summed E-state index contributed by atoms with van der Waals surface area (Å²) in [6.07, 6.45) is 3.02. The van der Waals surface area contributed by atoms with E-state index in [9.17, 15) is 4.79 Å². The molecule has 0 atom stereocenters. The van der Waals surface area contributed by atoms with Gasteiger partial charge < -0.3 is 24.5 Å². The number of methoxy groups -OCH3 is 2. The molecule has 148 valence electrons. The van der Waals surface area contributed by atoms with Crippen molar-refractivity contribution >= 4 is 16.8 Å². The lowest BCUT2D eigenvalue weighted by Crippen LogP contribution is -2.24. The third-order valence-electron chi connectivity index (χ3n) is 4.48. The van der Waals surface area contributed by atoms with E-state index >= 15 is 0 Å². The van der Waals surface area contributed by atoms with Gasteiger partial charge in [-0.05, 0) is 41.5 Å². The second kappa shape index (κ2) is 9.80. The first-order valence-corrected chi connectivity index (χ1v) is 9.31. The molecule has 0 saturated carbocycles. The van der Waals surface area contributed by atoms with Crippen molar-refractivity contribution in [3.05, 3.63) is 59.8 Å². The van der Waals surface area contributed by atoms with E-state index in [1.807, 2.05) is 48.7 Å². The summed E-state index contributed by atoms with van der Waals surface area (Å²) in [7, 11) is 3.31. The molecule has 0 spiro atoms. The Morgan fingerprint density at radius 2 is 1.96 bits per heavy atom. The van der Waals surface area contributed by atoms with Crippen LogP contribution in [0.5, 0.6) is 11.5 Å². The maximum Gasteiger partial charge on any atom is 0.224 e. The molecule has 3 rings (SSSR count). The molecular formula is C22H26N2O4. The average Bonchev–Trinajstić information content (AvgIpc) is 3.12. The number of nitrogens with one attached hydrogen (secondary N) is 2. The number of aromatic nitrogens is 1. The molecule has 6 nitrogen and oxygen atoms in total. The van der Waals surface area contributed by atoms with Crippen molar-refractivity contribution in [3.8, 4) is 11.5 Å². The minimum absolute atomic E-state index is 0.0323. The molecule has 0 aliphatic rings. The van der Waals surface area contributed by atoms with Gasteiger partial charge in [0, 0.05) is 43.8 Å². The van der Waals surface area contributed by atoms with Crippen LogP contribution in [0.2, 0.25) is 0 Å². The molecule has 0 unspecified atom stereocenters. The highest BCUT2D eigenvalue weighted by Crippen LogP contribution is 2.24. The van der Waals surface area contributed by atoms with Crippen molar-refractivity contribution in [1.82, 2.24) is 10.3 Å². The van der Waals surface area contributed by atoms with E-state index in [-0.39, 0.29) is 5.91 Å². The van der Waals surface area contributed by atoms with Gasteiger partial charge in [-0.3, -0.25) is 4.79 Å². The number of amides is 1. The van der Waals surface area contributed by atoms with Crippen molar-refractivity contribution in [2.24, 2.45) is 0 Å². The molecule has 0 aliphatic heterocycles. The number of aromatic amines is 1. The Morgan fingerprint density at radius 3 is 2.79 bits per heavy atom. The number of carbonyl (C=O) groups excluding carboxylic acids is 1. The predicted octanol–water partition coefficient (Wildman–Crippen LogP) is 3.45. The van der Waals surface area contributed by atoms with Gasteiger partial charge in [0.05, 0.1) is 20.1 Å². The van der Waals surface area contributed by atoms with Gasteiger partial charge in [-0.15, -0.1) is 0 Å². The summed E-state index contributed by atoms with van der Waals surface area (Å²) in [6.45, 7) is 1.74.